The number of benzene rings is 2. The summed E-state index contributed by atoms with van der Waals surface area (Å²) in [6, 6.07) is 14.9. The third-order valence-corrected chi connectivity index (χ3v) is 10.3. The number of hydrogen-bond acceptors (Lipinski definition) is 6. The molecule has 1 saturated heterocycles. The molecule has 4 amide bonds. The second-order valence-electron chi connectivity index (χ2n) is 14.2. The number of ether oxygens (including phenoxy) is 1. The Hall–Kier alpha value is -3.63. The summed E-state index contributed by atoms with van der Waals surface area (Å²) in [5.74, 6) is -1.51. The van der Waals surface area contributed by atoms with Crippen molar-refractivity contribution in [1.29, 1.82) is 0 Å². The summed E-state index contributed by atoms with van der Waals surface area (Å²) < 4.78 is 6.19. The summed E-state index contributed by atoms with van der Waals surface area (Å²) in [4.78, 5) is 53.2. The van der Waals surface area contributed by atoms with Gasteiger partial charge in [0.15, 0.2) is 6.10 Å². The number of carbonyl (C=O) groups is 4. The minimum atomic E-state index is -1.55. The Morgan fingerprint density at radius 3 is 2.31 bits per heavy atom. The molecule has 10 nitrogen and oxygen atoms in total. The number of nitrogens with one attached hydrogen (secondary N) is 4. The van der Waals surface area contributed by atoms with Gasteiger partial charge in [-0.2, -0.15) is 0 Å². The lowest BCUT2D eigenvalue weighted by molar-refractivity contribution is -0.134. The maximum Gasteiger partial charge on any atom is 0.408 e. The molecule has 48 heavy (non-hydrogen) atoms. The Kier molecular flexibility index (Phi) is 12.0. The van der Waals surface area contributed by atoms with Crippen molar-refractivity contribution in [2.45, 2.75) is 114 Å². The van der Waals surface area contributed by atoms with E-state index in [2.05, 4.69) is 21.3 Å². The predicted molar refractivity (Wildman–Crippen MR) is 183 cm³/mol. The first-order chi connectivity index (χ1) is 23.0. The molecule has 11 heteroatoms. The smallest absolute Gasteiger partial charge is 0.408 e. The molecule has 260 valence electrons. The highest BCUT2D eigenvalue weighted by Gasteiger charge is 2.40. The molecular formula is C37H49ClN4O6. The van der Waals surface area contributed by atoms with Crippen molar-refractivity contribution in [2.75, 3.05) is 6.54 Å². The second-order valence-corrected chi connectivity index (χ2v) is 14.7. The van der Waals surface area contributed by atoms with Crippen molar-refractivity contribution in [3.8, 4) is 0 Å². The fourth-order valence-corrected chi connectivity index (χ4v) is 7.19. The van der Waals surface area contributed by atoms with Gasteiger partial charge in [0.25, 0.3) is 5.91 Å². The molecule has 5 rings (SSSR count). The van der Waals surface area contributed by atoms with Crippen LogP contribution in [0.2, 0.25) is 5.02 Å². The molecular weight excluding hydrogens is 632 g/mol. The minimum Gasteiger partial charge on any atom is -0.440 e. The third kappa shape index (κ3) is 9.50. The highest BCUT2D eigenvalue weighted by Crippen LogP contribution is 2.40. The lowest BCUT2D eigenvalue weighted by atomic mass is 9.76. The molecule has 1 aliphatic heterocycles. The van der Waals surface area contributed by atoms with Crippen LogP contribution in [0.4, 0.5) is 4.79 Å². The zero-order valence-electron chi connectivity index (χ0n) is 27.9. The molecule has 5 N–H and O–H groups in total. The van der Waals surface area contributed by atoms with Gasteiger partial charge in [-0.15, -0.1) is 0 Å². The topological polar surface area (TPSA) is 146 Å². The fourth-order valence-electron chi connectivity index (χ4n) is 6.99. The highest BCUT2D eigenvalue weighted by molar-refractivity contribution is 6.30. The predicted octanol–water partition coefficient (Wildman–Crippen LogP) is 5.07. The zero-order valence-corrected chi connectivity index (χ0v) is 28.6. The van der Waals surface area contributed by atoms with Gasteiger partial charge in [-0.1, -0.05) is 100 Å². The van der Waals surface area contributed by atoms with E-state index in [1.807, 2.05) is 62.4 Å². The summed E-state index contributed by atoms with van der Waals surface area (Å²) in [5, 5.41) is 23.0. The van der Waals surface area contributed by atoms with E-state index in [0.717, 1.165) is 56.1 Å². The van der Waals surface area contributed by atoms with Gasteiger partial charge in [0, 0.05) is 28.9 Å². The molecule has 0 radical (unpaired) electrons. The van der Waals surface area contributed by atoms with E-state index in [4.69, 9.17) is 16.3 Å². The van der Waals surface area contributed by atoms with Gasteiger partial charge in [0.2, 0.25) is 11.8 Å². The molecule has 0 bridgehead atoms. The Morgan fingerprint density at radius 2 is 1.67 bits per heavy atom. The molecule has 2 aliphatic carbocycles. The van der Waals surface area contributed by atoms with Crippen molar-refractivity contribution in [2.24, 2.45) is 11.8 Å². The molecule has 3 fully saturated rings. The average molecular weight is 681 g/mol. The highest BCUT2D eigenvalue weighted by atomic mass is 35.5. The Labute approximate surface area is 288 Å². The van der Waals surface area contributed by atoms with Crippen molar-refractivity contribution in [3.05, 3.63) is 70.7 Å². The number of hydrogen-bond donors (Lipinski definition) is 5. The van der Waals surface area contributed by atoms with E-state index in [-0.39, 0.29) is 24.3 Å². The number of alkyl carbamates (subject to hydrolysis) is 1. The summed E-state index contributed by atoms with van der Waals surface area (Å²) in [6.07, 6.45) is 4.78. The molecule has 3 aliphatic rings. The average Bonchev–Trinajstić information content (AvgIpc) is 3.81. The van der Waals surface area contributed by atoms with Crippen LogP contribution in [-0.4, -0.2) is 59.7 Å². The number of aliphatic hydroxyl groups is 1. The summed E-state index contributed by atoms with van der Waals surface area (Å²) in [5.41, 5.74) is 0.965. The molecule has 0 spiro atoms. The summed E-state index contributed by atoms with van der Waals surface area (Å²) in [6.45, 7) is 4.46. The molecule has 2 aromatic rings. The van der Waals surface area contributed by atoms with Crippen molar-refractivity contribution < 1.29 is 29.0 Å². The van der Waals surface area contributed by atoms with Crippen LogP contribution in [-0.2, 0) is 24.5 Å². The van der Waals surface area contributed by atoms with Gasteiger partial charge in [-0.3, -0.25) is 14.4 Å². The molecule has 0 aromatic heterocycles. The number of aliphatic hydroxyl groups excluding tert-OH is 1. The normalized spacial score (nSPS) is 20.9. The van der Waals surface area contributed by atoms with Crippen molar-refractivity contribution in [3.63, 3.8) is 0 Å². The van der Waals surface area contributed by atoms with Gasteiger partial charge in [0.05, 0.1) is 6.04 Å². The van der Waals surface area contributed by atoms with Crippen LogP contribution >= 0.6 is 11.6 Å². The molecule has 4 unspecified atom stereocenters. The Morgan fingerprint density at radius 1 is 0.938 bits per heavy atom. The minimum absolute atomic E-state index is 0.0162. The Bertz CT molecular complexity index is 1430. The monoisotopic (exact) mass is 680 g/mol. The Balaban J connectivity index is 1.36. The van der Waals surface area contributed by atoms with Gasteiger partial charge < -0.3 is 31.1 Å². The summed E-state index contributed by atoms with van der Waals surface area (Å²) in [7, 11) is 0. The SMILES string of the molecule is CC(C)(c1cccc(Cl)c1)C(OC(=O)NC(CC1CCCCC1)C(=O)NC(C[C@@H]1CCNC1=O)C(O)C(=O)NC1CC1)c1ccccc1. The molecule has 5 atom stereocenters. The van der Waals surface area contributed by atoms with E-state index >= 15 is 0 Å². The van der Waals surface area contributed by atoms with Crippen molar-refractivity contribution >= 4 is 35.4 Å². The van der Waals surface area contributed by atoms with Crippen LogP contribution in [0.3, 0.4) is 0 Å². The van der Waals surface area contributed by atoms with Gasteiger partial charge >= 0.3 is 6.09 Å². The van der Waals surface area contributed by atoms with E-state index in [0.29, 0.717) is 24.4 Å². The lowest BCUT2D eigenvalue weighted by Crippen LogP contribution is -2.57. The zero-order chi connectivity index (χ0) is 34.3. The van der Waals surface area contributed by atoms with Crippen LogP contribution in [0.5, 0.6) is 0 Å². The number of carbonyl (C=O) groups excluding carboxylic acids is 4. The molecule has 2 aromatic carbocycles. The van der Waals surface area contributed by atoms with Crippen LogP contribution in [0.15, 0.2) is 54.6 Å². The first kappa shape index (κ1) is 35.7. The first-order valence-electron chi connectivity index (χ1n) is 17.4. The fraction of sp³-hybridized carbons (Fsp3) is 0.568. The lowest BCUT2D eigenvalue weighted by Gasteiger charge is -2.35. The standard InChI is InChI=1S/C37H49ClN4O6/c1-37(2,26-14-9-15-27(38)22-26)32(24-12-7-4-8-13-24)48-36(47)42-30(20-23-10-5-3-6-11-23)34(45)41-29(21-25-18-19-39-33(25)44)31(43)35(46)40-28-16-17-28/h4,7-9,12-15,22-23,25,28-32,43H,3,5-6,10-11,16-21H2,1-2H3,(H,39,44)(H,40,46)(H,41,45)(H,42,47)/t25-,29?,30?,31?,32?/m0/s1. The number of halogens is 1. The van der Waals surface area contributed by atoms with Crippen LogP contribution in [0.1, 0.15) is 95.3 Å². The largest absolute Gasteiger partial charge is 0.440 e. The quantitative estimate of drug-likeness (QED) is 0.188. The van der Waals surface area contributed by atoms with Crippen LogP contribution < -0.4 is 21.3 Å². The van der Waals surface area contributed by atoms with E-state index in [1.165, 1.54) is 0 Å². The summed E-state index contributed by atoms with van der Waals surface area (Å²) >= 11 is 6.35. The van der Waals surface area contributed by atoms with Gasteiger partial charge in [-0.25, -0.2) is 4.79 Å². The van der Waals surface area contributed by atoms with Gasteiger partial charge in [0.1, 0.15) is 12.1 Å². The van der Waals surface area contributed by atoms with E-state index < -0.39 is 53.5 Å². The van der Waals surface area contributed by atoms with Gasteiger partial charge in [-0.05, 0) is 61.3 Å². The number of amides is 4. The molecule has 2 saturated carbocycles. The first-order valence-corrected chi connectivity index (χ1v) is 17.7. The maximum absolute atomic E-state index is 14.1. The third-order valence-electron chi connectivity index (χ3n) is 10.1. The van der Waals surface area contributed by atoms with Crippen LogP contribution in [0.25, 0.3) is 0 Å². The van der Waals surface area contributed by atoms with E-state index in [9.17, 15) is 24.3 Å². The molecule has 1 heterocycles. The maximum atomic E-state index is 14.1. The van der Waals surface area contributed by atoms with Crippen LogP contribution in [0, 0.1) is 11.8 Å². The second kappa shape index (κ2) is 16.2. The number of rotatable bonds is 14. The van der Waals surface area contributed by atoms with E-state index in [1.54, 1.807) is 6.07 Å². The van der Waals surface area contributed by atoms with Crippen molar-refractivity contribution in [1.82, 2.24) is 21.3 Å².